The van der Waals surface area contributed by atoms with Crippen molar-refractivity contribution >= 4 is 59.5 Å². The molecule has 0 bridgehead atoms. The number of halogens is 3. The summed E-state index contributed by atoms with van der Waals surface area (Å²) >= 11 is 9.69. The molecule has 6 heteroatoms. The molecule has 0 saturated carbocycles. The number of ketones is 1. The largest absolute Gasteiger partial charge is 0.481 e. The topological polar surface area (TPSA) is 54.4 Å². The van der Waals surface area contributed by atoms with Crippen molar-refractivity contribution in [2.75, 3.05) is 0 Å². The molecule has 0 saturated heterocycles. The van der Waals surface area contributed by atoms with Crippen LogP contribution in [0.2, 0.25) is 0 Å². The number of hydrogen-bond donors (Lipinski definition) is 1. The van der Waals surface area contributed by atoms with Gasteiger partial charge in [0.2, 0.25) is 0 Å². The summed E-state index contributed by atoms with van der Waals surface area (Å²) in [5.41, 5.74) is 0.348. The number of carboxylic acids is 1. The van der Waals surface area contributed by atoms with Crippen LogP contribution in [-0.2, 0) is 4.79 Å². The number of Topliss-reactive ketones (excluding diaryl/α,β-unsaturated/α-hetero) is 1. The molecular weight excluding hydrogens is 396 g/mol. The van der Waals surface area contributed by atoms with Crippen molar-refractivity contribution in [3.8, 4) is 0 Å². The van der Waals surface area contributed by atoms with Crippen molar-refractivity contribution < 1.29 is 14.7 Å². The molecule has 0 aliphatic rings. The van der Waals surface area contributed by atoms with E-state index in [1.165, 1.54) is 0 Å². The average Bonchev–Trinajstić information content (AvgIpc) is 1.99. The molecule has 0 heterocycles. The second-order valence-electron chi connectivity index (χ2n) is 2.74. The first-order chi connectivity index (χ1) is 6.91. The molecule has 0 aromatic heterocycles. The summed E-state index contributed by atoms with van der Waals surface area (Å²) < 4.78 is 1.93. The molecule has 0 unspecified atom stereocenters. The molecule has 3 nitrogen and oxygen atoms in total. The Labute approximate surface area is 111 Å². The number of rotatable bonds is 3. The SMILES string of the molecule is O=C(O)CC(=O)c1c(Br)cc(Br)cc1Br. The molecule has 0 amide bonds. The van der Waals surface area contributed by atoms with E-state index in [1.807, 2.05) is 0 Å². The summed E-state index contributed by atoms with van der Waals surface area (Å²) in [5, 5.41) is 8.52. The number of hydrogen-bond acceptors (Lipinski definition) is 2. The van der Waals surface area contributed by atoms with Crippen molar-refractivity contribution in [2.45, 2.75) is 6.42 Å². The van der Waals surface area contributed by atoms with Crippen LogP contribution in [0.1, 0.15) is 16.8 Å². The summed E-state index contributed by atoms with van der Waals surface area (Å²) in [5.74, 6) is -1.57. The van der Waals surface area contributed by atoms with E-state index in [1.54, 1.807) is 12.1 Å². The van der Waals surface area contributed by atoms with Crippen LogP contribution in [0.3, 0.4) is 0 Å². The van der Waals surface area contributed by atoms with Gasteiger partial charge in [0.1, 0.15) is 6.42 Å². The van der Waals surface area contributed by atoms with E-state index >= 15 is 0 Å². The quantitative estimate of drug-likeness (QED) is 0.622. The van der Waals surface area contributed by atoms with Crippen LogP contribution in [0.25, 0.3) is 0 Å². The highest BCUT2D eigenvalue weighted by Gasteiger charge is 2.17. The minimum Gasteiger partial charge on any atom is -0.481 e. The summed E-state index contributed by atoms with van der Waals surface area (Å²) in [7, 11) is 0. The fourth-order valence-electron chi connectivity index (χ4n) is 1.03. The third kappa shape index (κ3) is 3.39. The number of carbonyl (C=O) groups excluding carboxylic acids is 1. The van der Waals surface area contributed by atoms with Gasteiger partial charge in [-0.05, 0) is 44.0 Å². The Bertz CT molecular complexity index is 406. The van der Waals surface area contributed by atoms with Gasteiger partial charge in [0.25, 0.3) is 0 Å². The lowest BCUT2D eigenvalue weighted by molar-refractivity contribution is -0.135. The van der Waals surface area contributed by atoms with Gasteiger partial charge in [-0.15, -0.1) is 0 Å². The number of benzene rings is 1. The Hall–Kier alpha value is -0.200. The molecule has 15 heavy (non-hydrogen) atoms. The van der Waals surface area contributed by atoms with Gasteiger partial charge in [-0.1, -0.05) is 15.9 Å². The molecule has 1 aromatic carbocycles. The minimum atomic E-state index is -1.14. The van der Waals surface area contributed by atoms with Gasteiger partial charge in [-0.3, -0.25) is 9.59 Å². The molecule has 0 atom stereocenters. The van der Waals surface area contributed by atoms with Crippen LogP contribution in [0.15, 0.2) is 25.6 Å². The highest BCUT2D eigenvalue weighted by molar-refractivity contribution is 9.11. The maximum Gasteiger partial charge on any atom is 0.311 e. The van der Waals surface area contributed by atoms with Crippen LogP contribution < -0.4 is 0 Å². The molecule has 80 valence electrons. The third-order valence-corrected chi connectivity index (χ3v) is 3.31. The predicted molar refractivity (Wildman–Crippen MR) is 66.1 cm³/mol. The van der Waals surface area contributed by atoms with Gasteiger partial charge >= 0.3 is 5.97 Å². The predicted octanol–water partition coefficient (Wildman–Crippen LogP) is 3.63. The van der Waals surface area contributed by atoms with Crippen LogP contribution in [-0.4, -0.2) is 16.9 Å². The van der Waals surface area contributed by atoms with E-state index in [0.717, 1.165) is 4.47 Å². The summed E-state index contributed by atoms with van der Waals surface area (Å²) in [6.45, 7) is 0. The number of carboxylic acid groups (broad SMARTS) is 1. The minimum absolute atomic E-state index is 0.348. The second-order valence-corrected chi connectivity index (χ2v) is 5.36. The first-order valence-electron chi connectivity index (χ1n) is 3.81. The van der Waals surface area contributed by atoms with E-state index in [4.69, 9.17) is 5.11 Å². The molecule has 0 fully saturated rings. The van der Waals surface area contributed by atoms with Crippen molar-refractivity contribution in [1.29, 1.82) is 0 Å². The normalized spacial score (nSPS) is 10.1. The van der Waals surface area contributed by atoms with Crippen LogP contribution in [0.5, 0.6) is 0 Å². The summed E-state index contributed by atoms with van der Waals surface area (Å²) in [6.07, 6.45) is -0.515. The first-order valence-corrected chi connectivity index (χ1v) is 6.19. The Balaban J connectivity index is 3.14. The van der Waals surface area contributed by atoms with E-state index < -0.39 is 18.2 Å². The Morgan fingerprint density at radius 3 is 2.00 bits per heavy atom. The molecule has 0 spiro atoms. The molecule has 1 rings (SSSR count). The van der Waals surface area contributed by atoms with Gasteiger partial charge in [0.05, 0.1) is 0 Å². The first kappa shape index (κ1) is 12.9. The monoisotopic (exact) mass is 398 g/mol. The molecule has 1 aromatic rings. The second kappa shape index (κ2) is 5.23. The maximum absolute atomic E-state index is 11.6. The highest BCUT2D eigenvalue weighted by Crippen LogP contribution is 2.30. The highest BCUT2D eigenvalue weighted by atomic mass is 79.9. The van der Waals surface area contributed by atoms with E-state index in [0.29, 0.717) is 14.5 Å². The zero-order valence-electron chi connectivity index (χ0n) is 7.26. The van der Waals surface area contributed by atoms with E-state index in [9.17, 15) is 9.59 Å². The molecular formula is C9H5Br3O3. The standard InChI is InChI=1S/C9H5Br3O3/c10-4-1-5(11)9(6(12)2-4)7(13)3-8(14)15/h1-2H,3H2,(H,14,15). The van der Waals surface area contributed by atoms with Crippen molar-refractivity contribution in [3.05, 3.63) is 31.1 Å². The van der Waals surface area contributed by atoms with Crippen LogP contribution in [0, 0.1) is 0 Å². The summed E-state index contributed by atoms with van der Waals surface area (Å²) in [6, 6.07) is 3.39. The van der Waals surface area contributed by atoms with Gasteiger partial charge in [0.15, 0.2) is 5.78 Å². The lowest BCUT2D eigenvalue weighted by Crippen LogP contribution is -2.08. The zero-order valence-corrected chi connectivity index (χ0v) is 12.0. The number of aliphatic carboxylic acids is 1. The van der Waals surface area contributed by atoms with Crippen molar-refractivity contribution in [3.63, 3.8) is 0 Å². The van der Waals surface area contributed by atoms with Crippen LogP contribution >= 0.6 is 47.8 Å². The van der Waals surface area contributed by atoms with Gasteiger partial charge in [0, 0.05) is 19.0 Å². The smallest absolute Gasteiger partial charge is 0.311 e. The third-order valence-electron chi connectivity index (χ3n) is 1.60. The fraction of sp³-hybridized carbons (Fsp3) is 0.111. The number of carbonyl (C=O) groups is 2. The fourth-order valence-corrected chi connectivity index (χ4v) is 3.74. The average molecular weight is 401 g/mol. The lowest BCUT2D eigenvalue weighted by atomic mass is 10.1. The Morgan fingerprint density at radius 2 is 1.60 bits per heavy atom. The van der Waals surface area contributed by atoms with Crippen LogP contribution in [0.4, 0.5) is 0 Å². The van der Waals surface area contributed by atoms with Gasteiger partial charge in [-0.2, -0.15) is 0 Å². The van der Waals surface area contributed by atoms with Crippen molar-refractivity contribution in [2.24, 2.45) is 0 Å². The van der Waals surface area contributed by atoms with Crippen molar-refractivity contribution in [1.82, 2.24) is 0 Å². The maximum atomic E-state index is 11.6. The Kier molecular flexibility index (Phi) is 4.48. The zero-order chi connectivity index (χ0) is 11.6. The van der Waals surface area contributed by atoms with Gasteiger partial charge in [-0.25, -0.2) is 0 Å². The molecule has 0 aliphatic heterocycles. The molecule has 1 N–H and O–H groups in total. The molecule has 0 aliphatic carbocycles. The van der Waals surface area contributed by atoms with E-state index in [-0.39, 0.29) is 0 Å². The summed E-state index contributed by atoms with van der Waals surface area (Å²) in [4.78, 5) is 22.0. The molecule has 0 radical (unpaired) electrons. The van der Waals surface area contributed by atoms with E-state index in [2.05, 4.69) is 47.8 Å². The van der Waals surface area contributed by atoms with Gasteiger partial charge < -0.3 is 5.11 Å². The lowest BCUT2D eigenvalue weighted by Gasteiger charge is -2.05. The Morgan fingerprint density at radius 1 is 1.13 bits per heavy atom.